The molecule has 1 unspecified atom stereocenters. The third-order valence-electron chi connectivity index (χ3n) is 3.67. The lowest BCUT2D eigenvalue weighted by Gasteiger charge is -2.18. The van der Waals surface area contributed by atoms with Crippen molar-refractivity contribution in [1.29, 1.82) is 0 Å². The van der Waals surface area contributed by atoms with Gasteiger partial charge in [0, 0.05) is 6.61 Å². The molecular weight excluding hydrogens is 360 g/mol. The van der Waals surface area contributed by atoms with Crippen LogP contribution >= 0.6 is 12.6 Å². The third-order valence-corrected chi connectivity index (χ3v) is 3.98. The molecular formula is C18H36O7S. The molecule has 156 valence electrons. The maximum atomic E-state index is 5.81. The minimum Gasteiger partial charge on any atom is -0.379 e. The largest absolute Gasteiger partial charge is 0.379 e. The molecule has 0 aliphatic carbocycles. The van der Waals surface area contributed by atoms with Gasteiger partial charge in [-0.1, -0.05) is 12.8 Å². The van der Waals surface area contributed by atoms with Gasteiger partial charge in [-0.25, -0.2) is 0 Å². The first-order valence-electron chi connectivity index (χ1n) is 9.62. The molecule has 0 amide bonds. The van der Waals surface area contributed by atoms with Gasteiger partial charge in [0.25, 0.3) is 0 Å². The lowest BCUT2D eigenvalue weighted by Crippen LogP contribution is -2.28. The molecule has 1 fully saturated rings. The highest BCUT2D eigenvalue weighted by Crippen LogP contribution is 2.03. The predicted octanol–water partition coefficient (Wildman–Crippen LogP) is 1.93. The predicted molar refractivity (Wildman–Crippen MR) is 102 cm³/mol. The number of unbranched alkanes of at least 4 members (excludes halogenated alkanes) is 3. The molecule has 0 radical (unpaired) electrons. The van der Waals surface area contributed by atoms with E-state index < -0.39 is 0 Å². The lowest BCUT2D eigenvalue weighted by molar-refractivity contribution is -0.104. The van der Waals surface area contributed by atoms with Crippen LogP contribution < -0.4 is 0 Å². The molecule has 1 aliphatic heterocycles. The Balaban J connectivity index is 2.16. The maximum Gasteiger partial charge on any atom is 0.146 e. The number of rotatable bonds is 8. The van der Waals surface area contributed by atoms with Gasteiger partial charge in [0.05, 0.1) is 66.1 Å². The van der Waals surface area contributed by atoms with Crippen molar-refractivity contribution in [3.8, 4) is 0 Å². The van der Waals surface area contributed by atoms with E-state index in [1.54, 1.807) is 0 Å². The summed E-state index contributed by atoms with van der Waals surface area (Å²) in [5.74, 6) is 0.956. The van der Waals surface area contributed by atoms with E-state index in [1.807, 2.05) is 0 Å². The molecule has 7 nitrogen and oxygen atoms in total. The highest BCUT2D eigenvalue weighted by Gasteiger charge is 2.10. The molecule has 1 aliphatic rings. The molecule has 0 spiro atoms. The van der Waals surface area contributed by atoms with Crippen LogP contribution in [0.5, 0.6) is 0 Å². The van der Waals surface area contributed by atoms with E-state index in [4.69, 9.17) is 33.2 Å². The average Bonchev–Trinajstić information content (AvgIpc) is 2.66. The monoisotopic (exact) mass is 396 g/mol. The summed E-state index contributed by atoms with van der Waals surface area (Å²) in [5, 5.41) is 0. The Bertz CT molecular complexity index is 266. The minimum absolute atomic E-state index is 0.101. The van der Waals surface area contributed by atoms with Crippen LogP contribution in [-0.4, -0.2) is 91.3 Å². The number of ether oxygens (including phenoxy) is 7. The first kappa shape index (κ1) is 24.1. The van der Waals surface area contributed by atoms with Gasteiger partial charge in [-0.2, -0.15) is 12.6 Å². The Morgan fingerprint density at radius 3 is 2.04 bits per heavy atom. The van der Waals surface area contributed by atoms with Crippen molar-refractivity contribution in [2.45, 2.75) is 31.8 Å². The Morgan fingerprint density at radius 1 is 0.692 bits per heavy atom. The van der Waals surface area contributed by atoms with E-state index >= 15 is 0 Å². The standard InChI is InChI=1S/C18H36O7S/c26-14-4-2-1-3-5-21-15-18-16-22-10-8-19-6-7-20-9-11-23-17-24-12-13-25-18/h18,26H,1-17H2. The van der Waals surface area contributed by atoms with E-state index in [-0.39, 0.29) is 12.9 Å². The van der Waals surface area contributed by atoms with Crippen LogP contribution in [0.1, 0.15) is 25.7 Å². The van der Waals surface area contributed by atoms with Crippen molar-refractivity contribution in [3.63, 3.8) is 0 Å². The second-order valence-corrected chi connectivity index (χ2v) is 6.39. The van der Waals surface area contributed by atoms with Crippen LogP contribution in [0.15, 0.2) is 0 Å². The van der Waals surface area contributed by atoms with Crippen LogP contribution in [0, 0.1) is 0 Å². The lowest BCUT2D eigenvalue weighted by atomic mass is 10.2. The van der Waals surface area contributed by atoms with Gasteiger partial charge >= 0.3 is 0 Å². The van der Waals surface area contributed by atoms with Crippen molar-refractivity contribution in [3.05, 3.63) is 0 Å². The fraction of sp³-hybridized carbons (Fsp3) is 1.00. The first-order chi connectivity index (χ1) is 12.9. The van der Waals surface area contributed by atoms with E-state index in [0.29, 0.717) is 66.1 Å². The van der Waals surface area contributed by atoms with E-state index in [2.05, 4.69) is 12.6 Å². The Kier molecular flexibility index (Phi) is 18.4. The molecule has 26 heavy (non-hydrogen) atoms. The molecule has 0 N–H and O–H groups in total. The van der Waals surface area contributed by atoms with Crippen LogP contribution in [0.2, 0.25) is 0 Å². The number of thiol groups is 1. The highest BCUT2D eigenvalue weighted by atomic mass is 32.1. The smallest absolute Gasteiger partial charge is 0.146 e. The third kappa shape index (κ3) is 16.3. The van der Waals surface area contributed by atoms with Gasteiger partial charge in [0.1, 0.15) is 12.9 Å². The second kappa shape index (κ2) is 19.8. The number of hydrogen-bond donors (Lipinski definition) is 1. The minimum atomic E-state index is -0.101. The zero-order chi connectivity index (χ0) is 18.5. The molecule has 0 aromatic heterocycles. The van der Waals surface area contributed by atoms with Gasteiger partial charge in [0.15, 0.2) is 0 Å². The van der Waals surface area contributed by atoms with Crippen molar-refractivity contribution in [2.75, 3.05) is 85.2 Å². The summed E-state index contributed by atoms with van der Waals surface area (Å²) >= 11 is 4.22. The second-order valence-electron chi connectivity index (χ2n) is 5.94. The maximum absolute atomic E-state index is 5.81. The molecule has 0 aromatic rings. The molecule has 1 heterocycles. The molecule has 1 rings (SSSR count). The summed E-state index contributed by atoms with van der Waals surface area (Å²) in [6.45, 7) is 6.18. The summed E-state index contributed by atoms with van der Waals surface area (Å²) in [5.41, 5.74) is 0. The zero-order valence-electron chi connectivity index (χ0n) is 15.9. The SMILES string of the molecule is SCCCCCCOCC1COCCOCCOCCOCOCCO1. The van der Waals surface area contributed by atoms with Crippen molar-refractivity contribution in [2.24, 2.45) is 0 Å². The fourth-order valence-electron chi connectivity index (χ4n) is 2.25. The highest BCUT2D eigenvalue weighted by molar-refractivity contribution is 7.80. The van der Waals surface area contributed by atoms with Crippen molar-refractivity contribution in [1.82, 2.24) is 0 Å². The van der Waals surface area contributed by atoms with Gasteiger partial charge < -0.3 is 33.2 Å². The van der Waals surface area contributed by atoms with Crippen LogP contribution in [0.25, 0.3) is 0 Å². The quantitative estimate of drug-likeness (QED) is 0.497. The summed E-state index contributed by atoms with van der Waals surface area (Å²) < 4.78 is 38.7. The van der Waals surface area contributed by atoms with Gasteiger partial charge in [-0.05, 0) is 18.6 Å². The van der Waals surface area contributed by atoms with Gasteiger partial charge in [-0.15, -0.1) is 0 Å². The zero-order valence-corrected chi connectivity index (χ0v) is 16.8. The summed E-state index contributed by atoms with van der Waals surface area (Å²) in [7, 11) is 0. The van der Waals surface area contributed by atoms with Gasteiger partial charge in [0.2, 0.25) is 0 Å². The molecule has 8 heteroatoms. The normalized spacial score (nSPS) is 22.7. The van der Waals surface area contributed by atoms with E-state index in [9.17, 15) is 0 Å². The van der Waals surface area contributed by atoms with Crippen LogP contribution in [0.3, 0.4) is 0 Å². The molecule has 1 saturated heterocycles. The van der Waals surface area contributed by atoms with Crippen LogP contribution in [0.4, 0.5) is 0 Å². The number of hydrogen-bond acceptors (Lipinski definition) is 8. The Morgan fingerprint density at radius 2 is 1.31 bits per heavy atom. The topological polar surface area (TPSA) is 64.6 Å². The Labute approximate surface area is 163 Å². The van der Waals surface area contributed by atoms with E-state index in [0.717, 1.165) is 18.8 Å². The first-order valence-corrected chi connectivity index (χ1v) is 10.3. The van der Waals surface area contributed by atoms with Gasteiger partial charge in [-0.3, -0.25) is 0 Å². The van der Waals surface area contributed by atoms with Crippen molar-refractivity contribution < 1.29 is 33.2 Å². The summed E-state index contributed by atoms with van der Waals surface area (Å²) in [6, 6.07) is 0. The molecule has 0 saturated carbocycles. The van der Waals surface area contributed by atoms with E-state index in [1.165, 1.54) is 19.3 Å². The van der Waals surface area contributed by atoms with Crippen molar-refractivity contribution >= 4 is 12.6 Å². The van der Waals surface area contributed by atoms with Crippen LogP contribution in [-0.2, 0) is 33.2 Å². The fourth-order valence-corrected chi connectivity index (χ4v) is 2.48. The molecule has 1 atom stereocenters. The molecule has 0 bridgehead atoms. The summed E-state index contributed by atoms with van der Waals surface area (Å²) in [4.78, 5) is 0. The Hall–Kier alpha value is 0.0700. The summed E-state index contributed by atoms with van der Waals surface area (Å²) in [6.07, 6.45) is 4.52. The molecule has 0 aromatic carbocycles. The average molecular weight is 397 g/mol.